The van der Waals surface area contributed by atoms with E-state index in [9.17, 15) is 9.59 Å². The van der Waals surface area contributed by atoms with Gasteiger partial charge in [0.05, 0.1) is 5.41 Å². The Morgan fingerprint density at radius 2 is 2.00 bits per heavy atom. The lowest BCUT2D eigenvalue weighted by Crippen LogP contribution is -2.51. The molecule has 0 radical (unpaired) electrons. The average Bonchev–Trinajstić information content (AvgIpc) is 2.25. The molecule has 0 bridgehead atoms. The minimum atomic E-state index is -0.929. The fourth-order valence-electron chi connectivity index (χ4n) is 2.18. The second-order valence-electron chi connectivity index (χ2n) is 6.02. The molecule has 5 heteroatoms. The van der Waals surface area contributed by atoms with E-state index < -0.39 is 11.4 Å². The smallest absolute Gasteiger partial charge is 0.317 e. The van der Waals surface area contributed by atoms with Crippen molar-refractivity contribution in [2.75, 3.05) is 13.1 Å². The van der Waals surface area contributed by atoms with Crippen LogP contribution in [0.25, 0.3) is 0 Å². The minimum Gasteiger partial charge on any atom is -0.481 e. The van der Waals surface area contributed by atoms with Gasteiger partial charge in [-0.1, -0.05) is 6.92 Å². The number of carboxylic acids is 1. The minimum absolute atomic E-state index is 0.149. The van der Waals surface area contributed by atoms with Crippen LogP contribution in [-0.2, 0) is 4.79 Å². The van der Waals surface area contributed by atoms with Crippen molar-refractivity contribution >= 4 is 12.0 Å². The van der Waals surface area contributed by atoms with Gasteiger partial charge in [-0.15, -0.1) is 0 Å². The third kappa shape index (κ3) is 3.62. The van der Waals surface area contributed by atoms with Crippen LogP contribution in [0, 0.1) is 11.3 Å². The average molecular weight is 256 g/mol. The highest BCUT2D eigenvalue weighted by Gasteiger charge is 2.30. The summed E-state index contributed by atoms with van der Waals surface area (Å²) in [6.07, 6.45) is 2.02. The van der Waals surface area contributed by atoms with Gasteiger partial charge in [-0.2, -0.15) is 0 Å². The predicted molar refractivity (Wildman–Crippen MR) is 69.4 cm³/mol. The topological polar surface area (TPSA) is 69.6 Å². The molecule has 0 saturated carbocycles. The van der Waals surface area contributed by atoms with Crippen molar-refractivity contribution in [3.8, 4) is 0 Å². The maximum Gasteiger partial charge on any atom is 0.317 e. The van der Waals surface area contributed by atoms with Gasteiger partial charge in [0, 0.05) is 19.1 Å². The number of amides is 2. The van der Waals surface area contributed by atoms with Crippen molar-refractivity contribution in [3.05, 3.63) is 0 Å². The maximum atomic E-state index is 12.0. The summed E-state index contributed by atoms with van der Waals surface area (Å²) < 4.78 is 0. The first kappa shape index (κ1) is 14.8. The molecule has 2 amide bonds. The van der Waals surface area contributed by atoms with E-state index in [4.69, 9.17) is 5.11 Å². The molecule has 0 aliphatic carbocycles. The predicted octanol–water partition coefficient (Wildman–Crippen LogP) is 1.93. The molecule has 2 N–H and O–H groups in total. The number of carbonyl (C=O) groups excluding carboxylic acids is 1. The molecule has 1 saturated heterocycles. The molecule has 1 rings (SSSR count). The zero-order valence-electron chi connectivity index (χ0n) is 11.7. The van der Waals surface area contributed by atoms with E-state index in [0.29, 0.717) is 5.92 Å². The molecule has 1 aliphatic heterocycles. The normalized spacial score (nSPS) is 24.8. The Bertz CT molecular complexity index is 328. The molecule has 0 aromatic carbocycles. The van der Waals surface area contributed by atoms with Crippen LogP contribution in [0.5, 0.6) is 0 Å². The summed E-state index contributed by atoms with van der Waals surface area (Å²) in [5, 5.41) is 11.7. The van der Waals surface area contributed by atoms with Crippen molar-refractivity contribution < 1.29 is 14.7 Å². The Labute approximate surface area is 109 Å². The molecule has 2 unspecified atom stereocenters. The van der Waals surface area contributed by atoms with E-state index in [0.717, 1.165) is 19.4 Å². The first-order chi connectivity index (χ1) is 8.24. The van der Waals surface area contributed by atoms with Crippen LogP contribution in [0.4, 0.5) is 4.79 Å². The zero-order chi connectivity index (χ0) is 13.9. The Morgan fingerprint density at radius 3 is 2.50 bits per heavy atom. The summed E-state index contributed by atoms with van der Waals surface area (Å²) in [7, 11) is 0. The van der Waals surface area contributed by atoms with Gasteiger partial charge in [-0.05, 0) is 39.5 Å². The Balaban J connectivity index is 2.49. The Hall–Kier alpha value is -1.26. The fourth-order valence-corrected chi connectivity index (χ4v) is 2.18. The van der Waals surface area contributed by atoms with Gasteiger partial charge in [-0.3, -0.25) is 4.79 Å². The van der Waals surface area contributed by atoms with Gasteiger partial charge in [0.1, 0.15) is 0 Å². The number of carbonyl (C=O) groups is 2. The van der Waals surface area contributed by atoms with Gasteiger partial charge >= 0.3 is 12.0 Å². The SMILES string of the molecule is CC1CCN(C(=O)NCC(C)(C)C(=O)O)C(C)C1. The first-order valence-electron chi connectivity index (χ1n) is 6.52. The molecule has 0 spiro atoms. The highest BCUT2D eigenvalue weighted by atomic mass is 16.4. The number of rotatable bonds is 3. The van der Waals surface area contributed by atoms with Crippen LogP contribution in [0.1, 0.15) is 40.5 Å². The van der Waals surface area contributed by atoms with Crippen molar-refractivity contribution in [1.29, 1.82) is 0 Å². The summed E-state index contributed by atoms with van der Waals surface area (Å²) in [6.45, 7) is 8.35. The lowest BCUT2D eigenvalue weighted by atomic mass is 9.93. The largest absolute Gasteiger partial charge is 0.481 e. The summed E-state index contributed by atoms with van der Waals surface area (Å²) in [5.41, 5.74) is -0.929. The first-order valence-corrected chi connectivity index (χ1v) is 6.52. The molecule has 5 nitrogen and oxygen atoms in total. The molecular formula is C13H24N2O3. The van der Waals surface area contributed by atoms with Crippen molar-refractivity contribution in [3.63, 3.8) is 0 Å². The zero-order valence-corrected chi connectivity index (χ0v) is 11.7. The highest BCUT2D eigenvalue weighted by molar-refractivity contribution is 5.77. The van der Waals surface area contributed by atoms with E-state index >= 15 is 0 Å². The number of likely N-dealkylation sites (tertiary alicyclic amines) is 1. The van der Waals surface area contributed by atoms with Crippen LogP contribution < -0.4 is 5.32 Å². The second-order valence-corrected chi connectivity index (χ2v) is 6.02. The third-order valence-corrected chi connectivity index (χ3v) is 3.66. The lowest BCUT2D eigenvalue weighted by molar-refractivity contribution is -0.146. The number of hydrogen-bond donors (Lipinski definition) is 2. The third-order valence-electron chi connectivity index (χ3n) is 3.66. The van der Waals surface area contributed by atoms with Gasteiger partial charge < -0.3 is 15.3 Å². The van der Waals surface area contributed by atoms with E-state index in [2.05, 4.69) is 12.2 Å². The van der Waals surface area contributed by atoms with E-state index in [-0.39, 0.29) is 18.6 Å². The fraction of sp³-hybridized carbons (Fsp3) is 0.846. The van der Waals surface area contributed by atoms with Crippen molar-refractivity contribution in [2.45, 2.75) is 46.6 Å². The van der Waals surface area contributed by atoms with Crippen LogP contribution in [0.15, 0.2) is 0 Å². The number of nitrogens with one attached hydrogen (secondary N) is 1. The second kappa shape index (κ2) is 5.59. The van der Waals surface area contributed by atoms with Crippen LogP contribution in [0.3, 0.4) is 0 Å². The van der Waals surface area contributed by atoms with E-state index in [1.54, 1.807) is 18.7 Å². The Morgan fingerprint density at radius 1 is 1.39 bits per heavy atom. The van der Waals surface area contributed by atoms with Crippen molar-refractivity contribution in [1.82, 2.24) is 10.2 Å². The number of carboxylic acid groups (broad SMARTS) is 1. The molecule has 104 valence electrons. The van der Waals surface area contributed by atoms with Gasteiger partial charge in [0.2, 0.25) is 0 Å². The molecule has 1 aliphatic rings. The van der Waals surface area contributed by atoms with Gasteiger partial charge in [0.25, 0.3) is 0 Å². The molecule has 0 aromatic rings. The standard InChI is InChI=1S/C13H24N2O3/c1-9-5-6-15(10(2)7-9)12(18)14-8-13(3,4)11(16)17/h9-10H,5-8H2,1-4H3,(H,14,18)(H,16,17). The summed E-state index contributed by atoms with van der Waals surface area (Å²) in [4.78, 5) is 24.8. The van der Waals surface area contributed by atoms with Crippen LogP contribution in [0.2, 0.25) is 0 Å². The number of nitrogens with zero attached hydrogens (tertiary/aromatic N) is 1. The molecule has 18 heavy (non-hydrogen) atoms. The van der Waals surface area contributed by atoms with E-state index in [1.807, 2.05) is 6.92 Å². The maximum absolute atomic E-state index is 12.0. The number of hydrogen-bond acceptors (Lipinski definition) is 2. The number of aliphatic carboxylic acids is 1. The summed E-state index contributed by atoms with van der Waals surface area (Å²) in [5.74, 6) is -0.248. The van der Waals surface area contributed by atoms with Crippen LogP contribution in [-0.4, -0.2) is 41.1 Å². The van der Waals surface area contributed by atoms with Gasteiger partial charge in [-0.25, -0.2) is 4.79 Å². The molecule has 1 fully saturated rings. The van der Waals surface area contributed by atoms with E-state index in [1.165, 1.54) is 0 Å². The monoisotopic (exact) mass is 256 g/mol. The molecule has 1 heterocycles. The quantitative estimate of drug-likeness (QED) is 0.810. The lowest BCUT2D eigenvalue weighted by Gasteiger charge is -2.37. The number of piperidine rings is 1. The van der Waals surface area contributed by atoms with Gasteiger partial charge in [0.15, 0.2) is 0 Å². The molecular weight excluding hydrogens is 232 g/mol. The Kier molecular flexibility index (Phi) is 4.59. The van der Waals surface area contributed by atoms with Crippen LogP contribution >= 0.6 is 0 Å². The highest BCUT2D eigenvalue weighted by Crippen LogP contribution is 2.22. The van der Waals surface area contributed by atoms with Crippen molar-refractivity contribution in [2.24, 2.45) is 11.3 Å². The summed E-state index contributed by atoms with van der Waals surface area (Å²) in [6, 6.07) is 0.0745. The molecule has 2 atom stereocenters. The molecule has 0 aromatic heterocycles. The summed E-state index contributed by atoms with van der Waals surface area (Å²) >= 11 is 0. The number of urea groups is 1.